The molecule has 0 saturated carbocycles. The van der Waals surface area contributed by atoms with Crippen molar-refractivity contribution >= 4 is 17.2 Å². The summed E-state index contributed by atoms with van der Waals surface area (Å²) in [5, 5.41) is 0. The summed E-state index contributed by atoms with van der Waals surface area (Å²) in [5.41, 5.74) is 3.13. The van der Waals surface area contributed by atoms with Crippen LogP contribution in [0.15, 0.2) is 66.0 Å². The third kappa shape index (κ3) is 3.21. The van der Waals surface area contributed by atoms with Gasteiger partial charge in [-0.25, -0.2) is 0 Å². The number of benzene rings is 1. The molecule has 0 radical (unpaired) electrons. The van der Waals surface area contributed by atoms with Crippen LogP contribution in [0.5, 0.6) is 0 Å². The molecule has 1 aromatic rings. The van der Waals surface area contributed by atoms with Gasteiger partial charge in [0, 0.05) is 18.2 Å². The Hall–Kier alpha value is -2.11. The Morgan fingerprint density at radius 1 is 1.26 bits per heavy atom. The second-order valence-corrected chi connectivity index (χ2v) is 4.85. The smallest absolute Gasteiger partial charge is 0.0833 e. The van der Waals surface area contributed by atoms with Gasteiger partial charge in [0.25, 0.3) is 0 Å². The molecular formula is C17H15NS. The summed E-state index contributed by atoms with van der Waals surface area (Å²) in [6, 6.07) is 10.2. The molecule has 19 heavy (non-hydrogen) atoms. The van der Waals surface area contributed by atoms with Gasteiger partial charge in [-0.05, 0) is 24.6 Å². The van der Waals surface area contributed by atoms with Crippen molar-refractivity contribution in [2.75, 3.05) is 0 Å². The number of allylic oxidation sites excluding steroid dienone is 4. The van der Waals surface area contributed by atoms with Crippen molar-refractivity contribution in [3.8, 4) is 12.3 Å². The Morgan fingerprint density at radius 2 is 2.00 bits per heavy atom. The molecule has 0 N–H and O–H groups in total. The van der Waals surface area contributed by atoms with Crippen LogP contribution >= 0.6 is 12.2 Å². The number of rotatable bonds is 2. The molecule has 1 aromatic carbocycles. The Bertz CT molecular complexity index is 600. The Kier molecular flexibility index (Phi) is 4.33. The SMILES string of the molecule is C#C/C(Cc1ccccc1)=C1/C=CC=CN1C(C)=S. The maximum atomic E-state index is 5.68. The normalized spacial score (nSPS) is 16.1. The minimum Gasteiger partial charge on any atom is -0.311 e. The predicted molar refractivity (Wildman–Crippen MR) is 84.4 cm³/mol. The Labute approximate surface area is 119 Å². The number of thiocarbonyl (C=S) groups is 1. The average molecular weight is 265 g/mol. The van der Waals surface area contributed by atoms with E-state index >= 15 is 0 Å². The summed E-state index contributed by atoms with van der Waals surface area (Å²) < 4.78 is 0. The molecule has 0 aliphatic carbocycles. The summed E-state index contributed by atoms with van der Waals surface area (Å²) in [6.45, 7) is 1.90. The first kappa shape index (κ1) is 13.3. The Morgan fingerprint density at radius 3 is 2.63 bits per heavy atom. The van der Waals surface area contributed by atoms with E-state index in [1.54, 1.807) is 0 Å². The van der Waals surface area contributed by atoms with E-state index < -0.39 is 0 Å². The number of nitrogens with zero attached hydrogens (tertiary/aromatic N) is 1. The van der Waals surface area contributed by atoms with E-state index in [9.17, 15) is 0 Å². The molecule has 1 aliphatic heterocycles. The fourth-order valence-corrected chi connectivity index (χ4v) is 2.14. The molecule has 0 fully saturated rings. The highest BCUT2D eigenvalue weighted by molar-refractivity contribution is 7.80. The zero-order valence-electron chi connectivity index (χ0n) is 10.8. The number of terminal acetylenes is 1. The fourth-order valence-electron chi connectivity index (χ4n) is 1.98. The molecule has 2 rings (SSSR count). The van der Waals surface area contributed by atoms with Crippen LogP contribution in [-0.4, -0.2) is 9.89 Å². The zero-order valence-corrected chi connectivity index (χ0v) is 11.7. The number of hydrogen-bond acceptors (Lipinski definition) is 1. The molecule has 0 aromatic heterocycles. The summed E-state index contributed by atoms with van der Waals surface area (Å²) in [7, 11) is 0. The summed E-state index contributed by atoms with van der Waals surface area (Å²) in [6.07, 6.45) is 14.3. The molecule has 0 amide bonds. The lowest BCUT2D eigenvalue weighted by Gasteiger charge is -2.24. The van der Waals surface area contributed by atoms with Crippen molar-refractivity contribution in [1.29, 1.82) is 0 Å². The summed E-state index contributed by atoms with van der Waals surface area (Å²) >= 11 is 5.26. The van der Waals surface area contributed by atoms with Gasteiger partial charge < -0.3 is 4.90 Å². The summed E-state index contributed by atoms with van der Waals surface area (Å²) in [5.74, 6) is 2.80. The van der Waals surface area contributed by atoms with Crippen LogP contribution in [0.3, 0.4) is 0 Å². The lowest BCUT2D eigenvalue weighted by molar-refractivity contribution is 0.705. The molecule has 0 saturated heterocycles. The highest BCUT2D eigenvalue weighted by atomic mass is 32.1. The quantitative estimate of drug-likeness (QED) is 0.590. The van der Waals surface area contributed by atoms with Crippen LogP contribution < -0.4 is 0 Å². The highest BCUT2D eigenvalue weighted by Gasteiger charge is 2.13. The molecule has 0 spiro atoms. The first-order chi connectivity index (χ1) is 9.22. The van der Waals surface area contributed by atoms with Gasteiger partial charge in [-0.1, -0.05) is 54.5 Å². The van der Waals surface area contributed by atoms with E-state index in [0.29, 0.717) is 0 Å². The third-order valence-corrected chi connectivity index (χ3v) is 3.10. The molecule has 1 heterocycles. The standard InChI is InChI=1S/C17H15NS/c1-3-16(13-15-9-5-4-6-10-15)17-11-7-8-12-18(17)14(2)19/h1,4-12H,13H2,2H3/b17-16+. The Balaban J connectivity index is 2.36. The maximum absolute atomic E-state index is 5.68. The number of hydrogen-bond donors (Lipinski definition) is 0. The lowest BCUT2D eigenvalue weighted by Crippen LogP contribution is -2.22. The van der Waals surface area contributed by atoms with Crippen LogP contribution in [0.4, 0.5) is 0 Å². The van der Waals surface area contributed by atoms with Crippen LogP contribution in [0.25, 0.3) is 0 Å². The van der Waals surface area contributed by atoms with Gasteiger partial charge in [0.1, 0.15) is 0 Å². The van der Waals surface area contributed by atoms with E-state index in [4.69, 9.17) is 18.6 Å². The second kappa shape index (κ2) is 6.17. The van der Waals surface area contributed by atoms with E-state index in [1.807, 2.05) is 54.5 Å². The molecule has 1 aliphatic rings. The molecular weight excluding hydrogens is 250 g/mol. The fraction of sp³-hybridized carbons (Fsp3) is 0.118. The summed E-state index contributed by atoms with van der Waals surface area (Å²) in [4.78, 5) is 2.74. The van der Waals surface area contributed by atoms with Gasteiger partial charge in [0.2, 0.25) is 0 Å². The minimum atomic E-state index is 0.740. The van der Waals surface area contributed by atoms with E-state index in [1.165, 1.54) is 5.56 Å². The molecule has 94 valence electrons. The van der Waals surface area contributed by atoms with Crippen molar-refractivity contribution < 1.29 is 0 Å². The van der Waals surface area contributed by atoms with Crippen molar-refractivity contribution in [3.63, 3.8) is 0 Å². The topological polar surface area (TPSA) is 3.24 Å². The lowest BCUT2D eigenvalue weighted by atomic mass is 10.0. The first-order valence-electron chi connectivity index (χ1n) is 6.10. The highest BCUT2D eigenvalue weighted by Crippen LogP contribution is 2.20. The van der Waals surface area contributed by atoms with E-state index in [0.717, 1.165) is 22.7 Å². The van der Waals surface area contributed by atoms with Crippen LogP contribution in [0.2, 0.25) is 0 Å². The molecule has 0 bridgehead atoms. The van der Waals surface area contributed by atoms with Crippen molar-refractivity contribution in [2.24, 2.45) is 0 Å². The first-order valence-corrected chi connectivity index (χ1v) is 6.51. The van der Waals surface area contributed by atoms with Crippen LogP contribution in [0.1, 0.15) is 12.5 Å². The molecule has 0 unspecified atom stereocenters. The monoisotopic (exact) mass is 265 g/mol. The van der Waals surface area contributed by atoms with Gasteiger partial charge in [-0.2, -0.15) is 0 Å². The van der Waals surface area contributed by atoms with Gasteiger partial charge in [-0.3, -0.25) is 0 Å². The zero-order chi connectivity index (χ0) is 13.7. The van der Waals surface area contributed by atoms with Crippen LogP contribution in [0, 0.1) is 12.3 Å². The van der Waals surface area contributed by atoms with Gasteiger partial charge in [0.05, 0.1) is 10.7 Å². The van der Waals surface area contributed by atoms with E-state index in [-0.39, 0.29) is 0 Å². The molecule has 2 heteroatoms. The maximum Gasteiger partial charge on any atom is 0.0833 e. The van der Waals surface area contributed by atoms with Gasteiger partial charge in [-0.15, -0.1) is 6.42 Å². The third-order valence-electron chi connectivity index (χ3n) is 2.91. The van der Waals surface area contributed by atoms with E-state index in [2.05, 4.69) is 18.1 Å². The van der Waals surface area contributed by atoms with Crippen LogP contribution in [-0.2, 0) is 6.42 Å². The molecule has 0 atom stereocenters. The van der Waals surface area contributed by atoms with Gasteiger partial charge in [0.15, 0.2) is 0 Å². The average Bonchev–Trinajstić information content (AvgIpc) is 2.46. The minimum absolute atomic E-state index is 0.740. The largest absolute Gasteiger partial charge is 0.311 e. The van der Waals surface area contributed by atoms with Gasteiger partial charge >= 0.3 is 0 Å². The van der Waals surface area contributed by atoms with Crippen molar-refractivity contribution in [2.45, 2.75) is 13.3 Å². The molecule has 1 nitrogen and oxygen atoms in total. The van der Waals surface area contributed by atoms with Crippen molar-refractivity contribution in [1.82, 2.24) is 4.90 Å². The second-order valence-electron chi connectivity index (χ2n) is 4.26. The predicted octanol–water partition coefficient (Wildman–Crippen LogP) is 3.85. The van der Waals surface area contributed by atoms with Crippen molar-refractivity contribution in [3.05, 3.63) is 71.6 Å².